The number of rotatable bonds is 6. The van der Waals surface area contributed by atoms with Gasteiger partial charge in [0.25, 0.3) is 0 Å². The first-order chi connectivity index (χ1) is 10.3. The number of hydrogen-bond acceptors (Lipinski definition) is 3. The molecule has 1 saturated heterocycles. The van der Waals surface area contributed by atoms with Gasteiger partial charge in [-0.3, -0.25) is 4.79 Å². The van der Waals surface area contributed by atoms with Crippen molar-refractivity contribution in [2.75, 3.05) is 0 Å². The van der Waals surface area contributed by atoms with Gasteiger partial charge in [0.2, 0.25) is 0 Å². The third kappa shape index (κ3) is 2.07. The summed E-state index contributed by atoms with van der Waals surface area (Å²) in [5, 5.41) is 0. The van der Waals surface area contributed by atoms with E-state index in [0.29, 0.717) is 5.41 Å². The highest BCUT2D eigenvalue weighted by molar-refractivity contribution is 5.66. The Balaban J connectivity index is 1.74. The number of epoxide rings is 1. The highest BCUT2D eigenvalue weighted by Crippen LogP contribution is 2.77. The fourth-order valence-corrected chi connectivity index (χ4v) is 5.56. The van der Waals surface area contributed by atoms with Gasteiger partial charge < -0.3 is 9.47 Å². The lowest BCUT2D eigenvalue weighted by molar-refractivity contribution is -0.147. The van der Waals surface area contributed by atoms with Crippen LogP contribution < -0.4 is 0 Å². The maximum Gasteiger partial charge on any atom is 0.302 e. The van der Waals surface area contributed by atoms with Crippen LogP contribution in [0.15, 0.2) is 0 Å². The molecule has 1 heterocycles. The normalized spacial score (nSPS) is 42.6. The molecule has 1 aliphatic heterocycles. The lowest BCUT2D eigenvalue weighted by Crippen LogP contribution is -2.42. The Labute approximate surface area is 135 Å². The van der Waals surface area contributed by atoms with Gasteiger partial charge in [0.1, 0.15) is 17.8 Å². The van der Waals surface area contributed by atoms with Crippen molar-refractivity contribution in [1.82, 2.24) is 0 Å². The molecule has 22 heavy (non-hydrogen) atoms. The zero-order chi connectivity index (χ0) is 16.2. The van der Waals surface area contributed by atoms with Gasteiger partial charge in [0.15, 0.2) is 0 Å². The molecular formula is C19H32O3. The number of unbranched alkanes of at least 4 members (excludes halogenated alkanes) is 2. The van der Waals surface area contributed by atoms with Gasteiger partial charge in [-0.05, 0) is 43.4 Å². The zero-order valence-electron chi connectivity index (χ0n) is 14.9. The number of carbonyl (C=O) groups excluding carboxylic acids is 1. The SMILES string of the molecule is CCCCC[C@@H](OC(C)=O)[C@@H]1O[C@]12C[C@H]1CC[C@]2(C)C1(C)C. The molecule has 5 atom stereocenters. The summed E-state index contributed by atoms with van der Waals surface area (Å²) in [5.74, 6) is 0.593. The van der Waals surface area contributed by atoms with Crippen molar-refractivity contribution < 1.29 is 14.3 Å². The third-order valence-corrected chi connectivity index (χ3v) is 7.41. The van der Waals surface area contributed by atoms with Crippen LogP contribution in [0.2, 0.25) is 0 Å². The fraction of sp³-hybridized carbons (Fsp3) is 0.947. The lowest BCUT2D eigenvalue weighted by atomic mass is 9.65. The molecule has 3 heteroatoms. The van der Waals surface area contributed by atoms with Crippen LogP contribution in [0.5, 0.6) is 0 Å². The van der Waals surface area contributed by atoms with Crippen LogP contribution >= 0.6 is 0 Å². The summed E-state index contributed by atoms with van der Waals surface area (Å²) in [6.07, 6.45) is 8.28. The van der Waals surface area contributed by atoms with E-state index in [-0.39, 0.29) is 29.2 Å². The molecule has 0 amide bonds. The van der Waals surface area contributed by atoms with Crippen molar-refractivity contribution in [3.05, 3.63) is 0 Å². The van der Waals surface area contributed by atoms with Crippen molar-refractivity contribution in [2.24, 2.45) is 16.7 Å². The molecule has 0 aromatic rings. The molecule has 3 rings (SSSR count). The Kier molecular flexibility index (Phi) is 3.87. The second-order valence-corrected chi connectivity index (χ2v) is 8.57. The van der Waals surface area contributed by atoms with E-state index >= 15 is 0 Å². The largest absolute Gasteiger partial charge is 0.460 e. The number of carbonyl (C=O) groups is 1. The average Bonchev–Trinajstić information content (AvgIpc) is 3.07. The van der Waals surface area contributed by atoms with E-state index in [4.69, 9.17) is 9.47 Å². The van der Waals surface area contributed by atoms with Crippen LogP contribution in [0.4, 0.5) is 0 Å². The van der Waals surface area contributed by atoms with Crippen molar-refractivity contribution in [3.63, 3.8) is 0 Å². The summed E-state index contributed by atoms with van der Waals surface area (Å²) in [4.78, 5) is 11.5. The first kappa shape index (κ1) is 16.3. The highest BCUT2D eigenvalue weighted by Gasteiger charge is 2.80. The van der Waals surface area contributed by atoms with Crippen LogP contribution in [0.1, 0.15) is 79.6 Å². The Morgan fingerprint density at radius 3 is 2.55 bits per heavy atom. The van der Waals surface area contributed by atoms with Crippen LogP contribution in [0, 0.1) is 16.7 Å². The van der Waals surface area contributed by atoms with Gasteiger partial charge in [-0.15, -0.1) is 0 Å². The van der Waals surface area contributed by atoms with Gasteiger partial charge in [0.05, 0.1) is 0 Å². The molecule has 0 N–H and O–H groups in total. The Morgan fingerprint density at radius 1 is 1.32 bits per heavy atom. The standard InChI is InChI=1S/C19H32O3/c1-6-7-8-9-15(21-13(2)20)16-19(22-16)12-14-10-11-18(19,5)17(14,3)4/h14-16H,6-12H2,1-5H3/t14-,15-,16+,18-,19-/m1/s1. The summed E-state index contributed by atoms with van der Waals surface area (Å²) in [6, 6.07) is 0. The number of ether oxygens (including phenoxy) is 2. The van der Waals surface area contributed by atoms with Crippen molar-refractivity contribution in [1.29, 1.82) is 0 Å². The Bertz CT molecular complexity index is 458. The molecule has 2 saturated carbocycles. The van der Waals surface area contributed by atoms with Crippen LogP contribution in [-0.4, -0.2) is 23.8 Å². The maximum absolute atomic E-state index is 11.5. The summed E-state index contributed by atoms with van der Waals surface area (Å²) in [5.41, 5.74) is 0.552. The minimum atomic E-state index is -0.167. The van der Waals surface area contributed by atoms with Crippen LogP contribution in [-0.2, 0) is 14.3 Å². The molecule has 0 unspecified atom stereocenters. The maximum atomic E-state index is 11.5. The molecule has 1 spiro atoms. The molecule has 0 aromatic heterocycles. The van der Waals surface area contributed by atoms with Gasteiger partial charge in [-0.1, -0.05) is 40.5 Å². The van der Waals surface area contributed by atoms with Crippen molar-refractivity contribution in [2.45, 2.75) is 97.4 Å². The third-order valence-electron chi connectivity index (χ3n) is 7.41. The second kappa shape index (κ2) is 5.22. The predicted molar refractivity (Wildman–Crippen MR) is 86.5 cm³/mol. The lowest BCUT2D eigenvalue weighted by Gasteiger charge is -2.38. The molecule has 0 aromatic carbocycles. The first-order valence-electron chi connectivity index (χ1n) is 9.13. The molecule has 0 radical (unpaired) electrons. The summed E-state index contributed by atoms with van der Waals surface area (Å²) in [7, 11) is 0. The van der Waals surface area contributed by atoms with Crippen LogP contribution in [0.3, 0.4) is 0 Å². The number of hydrogen-bond donors (Lipinski definition) is 0. The summed E-state index contributed by atoms with van der Waals surface area (Å²) < 4.78 is 12.0. The highest BCUT2D eigenvalue weighted by atomic mass is 16.6. The van der Waals surface area contributed by atoms with Gasteiger partial charge in [-0.25, -0.2) is 0 Å². The topological polar surface area (TPSA) is 38.8 Å². The molecule has 3 nitrogen and oxygen atoms in total. The summed E-state index contributed by atoms with van der Waals surface area (Å²) >= 11 is 0. The van der Waals surface area contributed by atoms with Crippen molar-refractivity contribution >= 4 is 5.97 Å². The average molecular weight is 308 g/mol. The van der Waals surface area contributed by atoms with E-state index in [9.17, 15) is 4.79 Å². The smallest absolute Gasteiger partial charge is 0.302 e. The molecule has 126 valence electrons. The van der Waals surface area contributed by atoms with E-state index in [2.05, 4.69) is 27.7 Å². The fourth-order valence-electron chi connectivity index (χ4n) is 5.56. The van der Waals surface area contributed by atoms with E-state index in [0.717, 1.165) is 25.2 Å². The van der Waals surface area contributed by atoms with Gasteiger partial charge >= 0.3 is 5.97 Å². The monoisotopic (exact) mass is 308 g/mol. The van der Waals surface area contributed by atoms with Crippen LogP contribution in [0.25, 0.3) is 0 Å². The summed E-state index contributed by atoms with van der Waals surface area (Å²) in [6.45, 7) is 11.0. The second-order valence-electron chi connectivity index (χ2n) is 8.57. The minimum Gasteiger partial charge on any atom is -0.460 e. The number of fused-ring (bicyclic) bond motifs is 3. The molecule has 3 aliphatic rings. The van der Waals surface area contributed by atoms with E-state index in [1.807, 2.05) is 0 Å². The van der Waals surface area contributed by atoms with E-state index in [1.54, 1.807) is 0 Å². The molecule has 3 fully saturated rings. The van der Waals surface area contributed by atoms with Gasteiger partial charge in [0, 0.05) is 12.3 Å². The quantitative estimate of drug-likeness (QED) is 0.412. The Morgan fingerprint density at radius 2 is 2.05 bits per heavy atom. The molecule has 2 bridgehead atoms. The predicted octanol–water partition coefficient (Wildman–Crippen LogP) is 4.48. The Hall–Kier alpha value is -0.570. The minimum absolute atomic E-state index is 0.0221. The van der Waals surface area contributed by atoms with Gasteiger partial charge in [-0.2, -0.15) is 0 Å². The van der Waals surface area contributed by atoms with E-state index in [1.165, 1.54) is 32.6 Å². The van der Waals surface area contributed by atoms with Crippen molar-refractivity contribution in [3.8, 4) is 0 Å². The molecular weight excluding hydrogens is 276 g/mol. The number of esters is 1. The first-order valence-corrected chi connectivity index (χ1v) is 9.13. The molecule has 2 aliphatic carbocycles. The zero-order valence-corrected chi connectivity index (χ0v) is 14.9. The van der Waals surface area contributed by atoms with E-state index < -0.39 is 0 Å².